The normalized spacial score (nSPS) is 12.4. The summed E-state index contributed by atoms with van der Waals surface area (Å²) < 4.78 is 5.20. The van der Waals surface area contributed by atoms with E-state index in [1.165, 1.54) is 0 Å². The molecule has 1 amide bonds. The van der Waals surface area contributed by atoms with Gasteiger partial charge in [-0.2, -0.15) is 0 Å². The molecular weight excluding hydrogens is 246 g/mol. The maximum absolute atomic E-state index is 11.4. The van der Waals surface area contributed by atoms with E-state index in [0.29, 0.717) is 18.9 Å². The van der Waals surface area contributed by atoms with Gasteiger partial charge >= 0.3 is 5.97 Å². The fraction of sp³-hybridized carbons (Fsp3) is 0.857. The molecule has 0 aliphatic carbocycles. The molecule has 0 saturated heterocycles. The minimum Gasteiger partial charge on any atom is -0.481 e. The molecule has 0 radical (unpaired) electrons. The molecule has 0 fully saturated rings. The van der Waals surface area contributed by atoms with Gasteiger partial charge in [0.2, 0.25) is 5.91 Å². The van der Waals surface area contributed by atoms with E-state index in [-0.39, 0.29) is 25.0 Å². The molecule has 0 aromatic carbocycles. The van der Waals surface area contributed by atoms with Crippen molar-refractivity contribution >= 4 is 11.9 Å². The van der Waals surface area contributed by atoms with Crippen molar-refractivity contribution in [1.29, 1.82) is 0 Å². The molecule has 112 valence electrons. The zero-order valence-corrected chi connectivity index (χ0v) is 12.3. The SMILES string of the molecule is CCCC(CCNC(=O)COC(C)C)CCC(=O)O. The van der Waals surface area contributed by atoms with Crippen LogP contribution < -0.4 is 5.32 Å². The average molecular weight is 273 g/mol. The largest absolute Gasteiger partial charge is 0.481 e. The molecule has 5 heteroatoms. The second-order valence-corrected chi connectivity index (χ2v) is 5.09. The Morgan fingerprint density at radius 2 is 1.89 bits per heavy atom. The highest BCUT2D eigenvalue weighted by molar-refractivity contribution is 5.77. The summed E-state index contributed by atoms with van der Waals surface area (Å²) in [6, 6.07) is 0. The second-order valence-electron chi connectivity index (χ2n) is 5.09. The molecule has 5 nitrogen and oxygen atoms in total. The summed E-state index contributed by atoms with van der Waals surface area (Å²) in [5.41, 5.74) is 0. The predicted molar refractivity (Wildman–Crippen MR) is 74.0 cm³/mol. The number of aliphatic carboxylic acids is 1. The Kier molecular flexibility index (Phi) is 10.2. The van der Waals surface area contributed by atoms with Gasteiger partial charge < -0.3 is 15.2 Å². The Hall–Kier alpha value is -1.10. The second kappa shape index (κ2) is 10.8. The van der Waals surface area contributed by atoms with Gasteiger partial charge in [0.25, 0.3) is 0 Å². The number of carboxylic acid groups (broad SMARTS) is 1. The molecule has 19 heavy (non-hydrogen) atoms. The van der Waals surface area contributed by atoms with Gasteiger partial charge in [-0.3, -0.25) is 9.59 Å². The highest BCUT2D eigenvalue weighted by Crippen LogP contribution is 2.17. The fourth-order valence-corrected chi connectivity index (χ4v) is 1.88. The minimum atomic E-state index is -0.754. The Labute approximate surface area is 115 Å². The van der Waals surface area contributed by atoms with Crippen LogP contribution in [0.3, 0.4) is 0 Å². The number of hydrogen-bond donors (Lipinski definition) is 2. The zero-order chi connectivity index (χ0) is 14.7. The Bertz CT molecular complexity index is 266. The van der Waals surface area contributed by atoms with E-state index in [0.717, 1.165) is 19.3 Å². The molecule has 2 N–H and O–H groups in total. The number of amides is 1. The van der Waals surface area contributed by atoms with Crippen molar-refractivity contribution in [2.75, 3.05) is 13.2 Å². The standard InChI is InChI=1S/C14H27NO4/c1-4-5-12(6-7-14(17)18)8-9-15-13(16)10-19-11(2)3/h11-12H,4-10H2,1-3H3,(H,15,16)(H,17,18). The average Bonchev–Trinajstić information content (AvgIpc) is 2.33. The third-order valence-electron chi connectivity index (χ3n) is 2.89. The van der Waals surface area contributed by atoms with Crippen LogP contribution in [0, 0.1) is 5.92 Å². The van der Waals surface area contributed by atoms with Gasteiger partial charge in [-0.05, 0) is 32.6 Å². The van der Waals surface area contributed by atoms with Crippen molar-refractivity contribution in [3.05, 3.63) is 0 Å². The third kappa shape index (κ3) is 11.7. The first kappa shape index (κ1) is 17.9. The molecule has 0 spiro atoms. The third-order valence-corrected chi connectivity index (χ3v) is 2.89. The number of carbonyl (C=O) groups is 2. The molecule has 0 aromatic heterocycles. The van der Waals surface area contributed by atoms with Gasteiger partial charge in [0.05, 0.1) is 6.10 Å². The topological polar surface area (TPSA) is 75.6 Å². The van der Waals surface area contributed by atoms with Crippen molar-refractivity contribution in [3.63, 3.8) is 0 Å². The minimum absolute atomic E-state index is 0.0501. The van der Waals surface area contributed by atoms with Crippen LogP contribution in [0.5, 0.6) is 0 Å². The molecule has 0 aliphatic rings. The van der Waals surface area contributed by atoms with Crippen LogP contribution in [0.1, 0.15) is 52.9 Å². The summed E-state index contributed by atoms with van der Waals surface area (Å²) in [6.07, 6.45) is 3.81. The Morgan fingerprint density at radius 3 is 2.42 bits per heavy atom. The van der Waals surface area contributed by atoms with Crippen LogP contribution in [-0.4, -0.2) is 36.2 Å². The molecule has 0 aromatic rings. The lowest BCUT2D eigenvalue weighted by Crippen LogP contribution is -2.30. The van der Waals surface area contributed by atoms with E-state index in [9.17, 15) is 9.59 Å². The number of ether oxygens (including phenoxy) is 1. The van der Waals surface area contributed by atoms with Crippen LogP contribution in [-0.2, 0) is 14.3 Å². The smallest absolute Gasteiger partial charge is 0.303 e. The van der Waals surface area contributed by atoms with Gasteiger partial charge in [0.1, 0.15) is 6.61 Å². The van der Waals surface area contributed by atoms with Crippen molar-refractivity contribution < 1.29 is 19.4 Å². The maximum Gasteiger partial charge on any atom is 0.303 e. The molecule has 0 rings (SSSR count). The molecule has 0 bridgehead atoms. The van der Waals surface area contributed by atoms with Crippen LogP contribution in [0.2, 0.25) is 0 Å². The fourth-order valence-electron chi connectivity index (χ4n) is 1.88. The van der Waals surface area contributed by atoms with Crippen LogP contribution in [0.25, 0.3) is 0 Å². The molecule has 0 aliphatic heterocycles. The van der Waals surface area contributed by atoms with Crippen LogP contribution >= 0.6 is 0 Å². The van der Waals surface area contributed by atoms with Crippen molar-refractivity contribution in [3.8, 4) is 0 Å². The lowest BCUT2D eigenvalue weighted by Gasteiger charge is -2.15. The Morgan fingerprint density at radius 1 is 1.21 bits per heavy atom. The summed E-state index contributed by atoms with van der Waals surface area (Å²) >= 11 is 0. The first-order chi connectivity index (χ1) is 8.95. The zero-order valence-electron chi connectivity index (χ0n) is 12.3. The summed E-state index contributed by atoms with van der Waals surface area (Å²) in [5.74, 6) is -0.495. The first-order valence-electron chi connectivity index (χ1n) is 7.05. The highest BCUT2D eigenvalue weighted by atomic mass is 16.5. The van der Waals surface area contributed by atoms with Crippen LogP contribution in [0.4, 0.5) is 0 Å². The molecule has 0 saturated carbocycles. The van der Waals surface area contributed by atoms with E-state index in [1.54, 1.807) is 0 Å². The first-order valence-corrected chi connectivity index (χ1v) is 7.05. The van der Waals surface area contributed by atoms with E-state index in [4.69, 9.17) is 9.84 Å². The molecular formula is C14H27NO4. The highest BCUT2D eigenvalue weighted by Gasteiger charge is 2.11. The van der Waals surface area contributed by atoms with Crippen LogP contribution in [0.15, 0.2) is 0 Å². The molecule has 1 atom stereocenters. The van der Waals surface area contributed by atoms with Gasteiger partial charge in [-0.25, -0.2) is 0 Å². The number of nitrogens with one attached hydrogen (secondary N) is 1. The summed E-state index contributed by atoms with van der Waals surface area (Å²) in [4.78, 5) is 22.0. The van der Waals surface area contributed by atoms with Crippen molar-refractivity contribution in [2.24, 2.45) is 5.92 Å². The lowest BCUT2D eigenvalue weighted by molar-refractivity contribution is -0.137. The number of carboxylic acids is 1. The van der Waals surface area contributed by atoms with Crippen molar-refractivity contribution in [1.82, 2.24) is 5.32 Å². The van der Waals surface area contributed by atoms with Gasteiger partial charge in [-0.15, -0.1) is 0 Å². The van der Waals surface area contributed by atoms with Crippen molar-refractivity contribution in [2.45, 2.75) is 59.0 Å². The van der Waals surface area contributed by atoms with E-state index in [2.05, 4.69) is 12.2 Å². The number of hydrogen-bond acceptors (Lipinski definition) is 3. The lowest BCUT2D eigenvalue weighted by atomic mass is 9.94. The molecule has 0 heterocycles. The summed E-state index contributed by atoms with van der Waals surface area (Å²) in [6.45, 7) is 6.53. The summed E-state index contributed by atoms with van der Waals surface area (Å²) in [7, 11) is 0. The van der Waals surface area contributed by atoms with E-state index >= 15 is 0 Å². The molecule has 1 unspecified atom stereocenters. The van der Waals surface area contributed by atoms with Gasteiger partial charge in [-0.1, -0.05) is 19.8 Å². The maximum atomic E-state index is 11.4. The monoisotopic (exact) mass is 273 g/mol. The number of rotatable bonds is 11. The summed E-state index contributed by atoms with van der Waals surface area (Å²) in [5, 5.41) is 11.5. The van der Waals surface area contributed by atoms with E-state index in [1.807, 2.05) is 13.8 Å². The Balaban J connectivity index is 3.78. The van der Waals surface area contributed by atoms with Gasteiger partial charge in [0.15, 0.2) is 0 Å². The quantitative estimate of drug-likeness (QED) is 0.605. The number of carbonyl (C=O) groups excluding carboxylic acids is 1. The van der Waals surface area contributed by atoms with E-state index < -0.39 is 5.97 Å². The van der Waals surface area contributed by atoms with Gasteiger partial charge in [0, 0.05) is 13.0 Å². The predicted octanol–water partition coefficient (Wildman–Crippen LogP) is 2.20.